The van der Waals surface area contributed by atoms with E-state index in [2.05, 4.69) is 10.3 Å². The van der Waals surface area contributed by atoms with Crippen LogP contribution >= 0.6 is 11.3 Å². The topological polar surface area (TPSA) is 111 Å². The fraction of sp³-hybridized carbons (Fsp3) is 0.130. The zero-order valence-corrected chi connectivity index (χ0v) is 18.1. The van der Waals surface area contributed by atoms with Crippen molar-refractivity contribution in [1.29, 1.82) is 0 Å². The number of methoxy groups -OCH3 is 1. The van der Waals surface area contributed by atoms with E-state index < -0.39 is 17.4 Å². The molecule has 32 heavy (non-hydrogen) atoms. The molecule has 2 heterocycles. The van der Waals surface area contributed by atoms with Gasteiger partial charge in [0, 0.05) is 10.9 Å². The maximum Gasteiger partial charge on any atom is 0.337 e. The molecule has 0 radical (unpaired) electrons. The molecule has 0 aliphatic heterocycles. The van der Waals surface area contributed by atoms with E-state index >= 15 is 0 Å². The number of fused-ring (bicyclic) bond motifs is 1. The minimum atomic E-state index is -1.22. The molecular formula is C23H19N3O5S. The highest BCUT2D eigenvalue weighted by Gasteiger charge is 2.22. The lowest BCUT2D eigenvalue weighted by Crippen LogP contribution is -2.30. The Morgan fingerprint density at radius 2 is 1.94 bits per heavy atom. The number of hydrogen-bond donors (Lipinski definition) is 2. The fourth-order valence-corrected chi connectivity index (χ4v) is 4.29. The third kappa shape index (κ3) is 3.97. The van der Waals surface area contributed by atoms with E-state index in [0.29, 0.717) is 21.8 Å². The van der Waals surface area contributed by atoms with Crippen LogP contribution in [-0.2, 0) is 11.3 Å². The summed E-state index contributed by atoms with van der Waals surface area (Å²) in [5.41, 5.74) is 1.33. The Kier molecular flexibility index (Phi) is 5.74. The first kappa shape index (κ1) is 21.3. The van der Waals surface area contributed by atoms with Crippen LogP contribution < -0.4 is 15.6 Å². The zero-order valence-electron chi connectivity index (χ0n) is 17.3. The van der Waals surface area contributed by atoms with Gasteiger partial charge in [0.2, 0.25) is 5.91 Å². The van der Waals surface area contributed by atoms with Gasteiger partial charge in [0.05, 0.1) is 23.7 Å². The van der Waals surface area contributed by atoms with Gasteiger partial charge < -0.3 is 15.2 Å². The number of benzene rings is 2. The minimum absolute atomic E-state index is 0.0110. The molecule has 8 nitrogen and oxygen atoms in total. The van der Waals surface area contributed by atoms with Gasteiger partial charge in [-0.2, -0.15) is 0 Å². The summed E-state index contributed by atoms with van der Waals surface area (Å²) >= 11 is 1.08. The van der Waals surface area contributed by atoms with Gasteiger partial charge in [0.25, 0.3) is 5.56 Å². The van der Waals surface area contributed by atoms with E-state index in [0.717, 1.165) is 16.9 Å². The standard InChI is InChI=1S/C23H19N3O5S/c1-13-8-9-17(31-2)16(10-13)24-18(27)11-26-20(14-6-4-3-5-7-14)25-21-19(22(26)28)15(12-32-21)23(29)30/h3-10,12H,11H2,1-2H3,(H,24,27)(H,29,30). The molecule has 2 aromatic heterocycles. The van der Waals surface area contributed by atoms with Gasteiger partial charge in [-0.05, 0) is 24.6 Å². The number of rotatable bonds is 6. The van der Waals surface area contributed by atoms with Crippen LogP contribution in [0.25, 0.3) is 21.6 Å². The molecule has 0 fully saturated rings. The number of nitrogens with one attached hydrogen (secondary N) is 1. The van der Waals surface area contributed by atoms with E-state index in [4.69, 9.17) is 4.74 Å². The minimum Gasteiger partial charge on any atom is -0.495 e. The number of anilines is 1. The number of hydrogen-bond acceptors (Lipinski definition) is 6. The molecule has 0 atom stereocenters. The van der Waals surface area contributed by atoms with Gasteiger partial charge in [0.1, 0.15) is 22.9 Å². The first-order chi connectivity index (χ1) is 15.4. The van der Waals surface area contributed by atoms with Gasteiger partial charge in [-0.1, -0.05) is 36.4 Å². The van der Waals surface area contributed by atoms with Gasteiger partial charge in [-0.25, -0.2) is 9.78 Å². The van der Waals surface area contributed by atoms with Crippen molar-refractivity contribution in [2.45, 2.75) is 13.5 Å². The predicted octanol–water partition coefficient (Wildman–Crippen LogP) is 3.78. The second-order valence-corrected chi connectivity index (χ2v) is 7.94. The molecule has 0 unspecified atom stereocenters. The van der Waals surface area contributed by atoms with E-state index in [9.17, 15) is 19.5 Å². The Labute approximate surface area is 186 Å². The molecule has 9 heteroatoms. The summed E-state index contributed by atoms with van der Waals surface area (Å²) in [7, 11) is 1.50. The highest BCUT2D eigenvalue weighted by Crippen LogP contribution is 2.27. The van der Waals surface area contributed by atoms with Crippen LogP contribution in [0.3, 0.4) is 0 Å². The quantitative estimate of drug-likeness (QED) is 0.464. The summed E-state index contributed by atoms with van der Waals surface area (Å²) in [5.74, 6) is -0.919. The molecule has 0 saturated heterocycles. The number of amides is 1. The van der Waals surface area contributed by atoms with Crippen molar-refractivity contribution in [3.05, 3.63) is 75.4 Å². The smallest absolute Gasteiger partial charge is 0.337 e. The van der Waals surface area contributed by atoms with Crippen molar-refractivity contribution in [2.24, 2.45) is 0 Å². The molecule has 4 aromatic rings. The summed E-state index contributed by atoms with van der Waals surface area (Å²) in [6.07, 6.45) is 0. The monoisotopic (exact) mass is 449 g/mol. The second kappa shape index (κ2) is 8.64. The zero-order chi connectivity index (χ0) is 22.8. The van der Waals surface area contributed by atoms with E-state index in [1.54, 1.807) is 36.4 Å². The average molecular weight is 449 g/mol. The maximum atomic E-state index is 13.3. The molecule has 0 spiro atoms. The van der Waals surface area contributed by atoms with Crippen LogP contribution in [-0.4, -0.2) is 33.6 Å². The third-order valence-corrected chi connectivity index (χ3v) is 5.76. The molecule has 1 amide bonds. The Morgan fingerprint density at radius 3 is 2.62 bits per heavy atom. The van der Waals surface area contributed by atoms with Crippen LogP contribution in [0, 0.1) is 6.92 Å². The van der Waals surface area contributed by atoms with E-state index in [-0.39, 0.29) is 23.3 Å². The maximum absolute atomic E-state index is 13.3. The lowest BCUT2D eigenvalue weighted by Gasteiger charge is -2.14. The average Bonchev–Trinajstić information content (AvgIpc) is 3.21. The number of carbonyl (C=O) groups is 2. The number of aromatic carboxylic acids is 1. The second-order valence-electron chi connectivity index (χ2n) is 7.08. The van der Waals surface area contributed by atoms with Crippen molar-refractivity contribution in [3.63, 3.8) is 0 Å². The normalized spacial score (nSPS) is 10.8. The predicted molar refractivity (Wildman–Crippen MR) is 123 cm³/mol. The summed E-state index contributed by atoms with van der Waals surface area (Å²) < 4.78 is 6.50. The molecule has 162 valence electrons. The highest BCUT2D eigenvalue weighted by molar-refractivity contribution is 7.17. The molecule has 4 rings (SSSR count). The van der Waals surface area contributed by atoms with E-state index in [1.807, 2.05) is 19.1 Å². The van der Waals surface area contributed by atoms with Crippen LogP contribution in [0.1, 0.15) is 15.9 Å². The van der Waals surface area contributed by atoms with Crippen molar-refractivity contribution in [3.8, 4) is 17.1 Å². The molecule has 0 aliphatic rings. The number of thiophene rings is 1. The molecule has 2 aromatic carbocycles. The SMILES string of the molecule is COc1ccc(C)cc1NC(=O)Cn1c(-c2ccccc2)nc2scc(C(=O)O)c2c1=O. The number of ether oxygens (including phenoxy) is 1. The lowest BCUT2D eigenvalue weighted by molar-refractivity contribution is -0.116. The van der Waals surface area contributed by atoms with Crippen molar-refractivity contribution < 1.29 is 19.4 Å². The third-order valence-electron chi connectivity index (χ3n) is 4.89. The Bertz CT molecular complexity index is 1390. The van der Waals surface area contributed by atoms with Crippen LogP contribution in [0.15, 0.2) is 58.7 Å². The number of nitrogens with zero attached hydrogens (tertiary/aromatic N) is 2. The molecule has 0 bridgehead atoms. The van der Waals surface area contributed by atoms with Crippen molar-refractivity contribution in [2.75, 3.05) is 12.4 Å². The summed E-state index contributed by atoms with van der Waals surface area (Å²) in [4.78, 5) is 42.7. The van der Waals surface area contributed by atoms with Crippen LogP contribution in [0.4, 0.5) is 5.69 Å². The number of carbonyl (C=O) groups excluding carboxylic acids is 1. The Morgan fingerprint density at radius 1 is 1.19 bits per heavy atom. The number of carboxylic acids is 1. The van der Waals surface area contributed by atoms with Crippen molar-refractivity contribution in [1.82, 2.24) is 9.55 Å². The van der Waals surface area contributed by atoms with Gasteiger partial charge in [0.15, 0.2) is 0 Å². The highest BCUT2D eigenvalue weighted by atomic mass is 32.1. The fourth-order valence-electron chi connectivity index (χ4n) is 3.39. The largest absolute Gasteiger partial charge is 0.495 e. The van der Waals surface area contributed by atoms with Crippen LogP contribution in [0.2, 0.25) is 0 Å². The molecule has 2 N–H and O–H groups in total. The Hall–Kier alpha value is -3.98. The first-order valence-electron chi connectivity index (χ1n) is 9.64. The van der Waals surface area contributed by atoms with E-state index in [1.165, 1.54) is 17.1 Å². The summed E-state index contributed by atoms with van der Waals surface area (Å²) in [6.45, 7) is 1.53. The van der Waals surface area contributed by atoms with Crippen molar-refractivity contribution >= 4 is 39.1 Å². The number of carboxylic acid groups (broad SMARTS) is 1. The van der Waals surface area contributed by atoms with Gasteiger partial charge in [-0.15, -0.1) is 11.3 Å². The van der Waals surface area contributed by atoms with Gasteiger partial charge >= 0.3 is 5.97 Å². The molecule has 0 aliphatic carbocycles. The lowest BCUT2D eigenvalue weighted by atomic mass is 10.2. The molecule has 0 saturated carbocycles. The molecular weight excluding hydrogens is 430 g/mol. The first-order valence-corrected chi connectivity index (χ1v) is 10.5. The number of aromatic nitrogens is 2. The summed E-state index contributed by atoms with van der Waals surface area (Å²) in [5, 5.41) is 13.6. The number of aryl methyl sites for hydroxylation is 1. The Balaban J connectivity index is 1.81. The van der Waals surface area contributed by atoms with Gasteiger partial charge in [-0.3, -0.25) is 14.2 Å². The summed E-state index contributed by atoms with van der Waals surface area (Å²) in [6, 6.07) is 14.3. The van der Waals surface area contributed by atoms with Crippen LogP contribution in [0.5, 0.6) is 5.75 Å².